The number of carbonyl (C=O) groups excluding carboxylic acids is 1. The first-order chi connectivity index (χ1) is 21.0. The van der Waals surface area contributed by atoms with Gasteiger partial charge in [0.05, 0.1) is 18.6 Å². The van der Waals surface area contributed by atoms with E-state index in [0.717, 1.165) is 38.6 Å². The number of hydrogen-bond donors (Lipinski definition) is 0. The number of oxazole rings is 1. The van der Waals surface area contributed by atoms with Crippen LogP contribution in [0.2, 0.25) is 0 Å². The number of carboxylic acids is 1. The van der Waals surface area contributed by atoms with Crippen LogP contribution in [-0.2, 0) is 17.9 Å². The van der Waals surface area contributed by atoms with Crippen molar-refractivity contribution >= 4 is 27.8 Å². The first-order valence-corrected chi connectivity index (χ1v) is 14.2. The Morgan fingerprint density at radius 1 is 0.932 bits per heavy atom. The first kappa shape index (κ1) is 31.2. The molecule has 218 valence electrons. The number of carbonyl (C=O) groups is 1. The molecule has 0 aliphatic carbocycles. The van der Waals surface area contributed by atoms with Gasteiger partial charge in [-0.15, -0.1) is 0 Å². The number of para-hydroxylation sites is 1. The number of nitrogens with zero attached hydrogens (tertiary/aromatic N) is 2. The van der Waals surface area contributed by atoms with Gasteiger partial charge in [-0.1, -0.05) is 55.5 Å². The molecule has 0 amide bonds. The fraction of sp³-hybridized carbons (Fsp3) is 0.200. The number of carboxylic acid groups (broad SMARTS) is 1. The van der Waals surface area contributed by atoms with Crippen LogP contribution in [0.4, 0.5) is 0 Å². The van der Waals surface area contributed by atoms with Gasteiger partial charge in [0.2, 0.25) is 5.89 Å². The van der Waals surface area contributed by atoms with Gasteiger partial charge in [-0.05, 0) is 61.4 Å². The Labute approximate surface area is 277 Å². The number of aryl methyl sites for hydroxylation is 1. The van der Waals surface area contributed by atoms with Crippen molar-refractivity contribution in [1.82, 2.24) is 9.55 Å². The molecule has 0 fully saturated rings. The van der Waals surface area contributed by atoms with Gasteiger partial charge in [0.1, 0.15) is 29.9 Å². The average Bonchev–Trinajstić information content (AvgIpc) is 3.57. The van der Waals surface area contributed by atoms with Crippen LogP contribution in [0.5, 0.6) is 17.2 Å². The fourth-order valence-corrected chi connectivity index (χ4v) is 5.31. The number of benzene rings is 4. The molecule has 0 aliphatic rings. The Bertz CT molecular complexity index is 1910. The van der Waals surface area contributed by atoms with Crippen LogP contribution in [0.1, 0.15) is 30.4 Å². The molecule has 0 bridgehead atoms. The second kappa shape index (κ2) is 13.6. The molecule has 0 saturated heterocycles. The number of aromatic nitrogens is 2. The standard InChI is InChI=1S/C35H32N2O6.Na/c1-4-29(35(38)39)43-31-16-10-15-28-33(31)25-13-8-9-14-27(25)37(28)20-23-17-18-30(32(19-23)40-3)41-21-26-22(2)42-34(36-26)24-11-6-5-7-12-24;/h5-19,29H,4,20-21H2,1-3H3,(H,38,39);/q;+1/p-1/t29-;/m1./s1. The van der Waals surface area contributed by atoms with Crippen LogP contribution in [-0.4, -0.2) is 28.7 Å². The van der Waals surface area contributed by atoms with Crippen molar-refractivity contribution in [2.45, 2.75) is 39.5 Å². The van der Waals surface area contributed by atoms with Gasteiger partial charge in [-0.2, -0.15) is 0 Å². The Morgan fingerprint density at radius 3 is 2.43 bits per heavy atom. The molecule has 0 radical (unpaired) electrons. The predicted molar refractivity (Wildman–Crippen MR) is 162 cm³/mol. The quantitative estimate of drug-likeness (QED) is 0.211. The summed E-state index contributed by atoms with van der Waals surface area (Å²) in [4.78, 5) is 16.2. The Hall–Kier alpha value is -4.24. The van der Waals surface area contributed by atoms with Crippen LogP contribution < -0.4 is 48.9 Å². The first-order valence-electron chi connectivity index (χ1n) is 14.2. The van der Waals surface area contributed by atoms with Crippen molar-refractivity contribution in [3.05, 3.63) is 108 Å². The molecule has 6 rings (SSSR count). The SMILES string of the molecule is CC[C@@H](Oc1cccc2c1c1ccccc1n2Cc1ccc(OCc2nc(-c3ccccc3)oc2C)c(OC)c1)C(=O)[O-].[Na+]. The van der Waals surface area contributed by atoms with Crippen molar-refractivity contribution in [1.29, 1.82) is 0 Å². The largest absolute Gasteiger partial charge is 1.00 e. The van der Waals surface area contributed by atoms with Gasteiger partial charge in [-0.25, -0.2) is 4.98 Å². The summed E-state index contributed by atoms with van der Waals surface area (Å²) < 4.78 is 25.8. The molecule has 0 aliphatic heterocycles. The molecule has 2 heterocycles. The molecule has 0 saturated carbocycles. The smallest absolute Gasteiger partial charge is 0.546 e. The average molecular weight is 599 g/mol. The molecule has 0 spiro atoms. The molecular weight excluding hydrogens is 567 g/mol. The Balaban J connectivity index is 0.00000384. The number of aliphatic carboxylic acids is 1. The van der Waals surface area contributed by atoms with Crippen molar-refractivity contribution in [3.63, 3.8) is 0 Å². The summed E-state index contributed by atoms with van der Waals surface area (Å²) in [5, 5.41) is 13.4. The van der Waals surface area contributed by atoms with Crippen LogP contribution in [0, 0.1) is 6.92 Å². The summed E-state index contributed by atoms with van der Waals surface area (Å²) >= 11 is 0. The minimum atomic E-state index is -1.23. The van der Waals surface area contributed by atoms with E-state index in [1.807, 2.05) is 91.9 Å². The Morgan fingerprint density at radius 2 is 1.68 bits per heavy atom. The van der Waals surface area contributed by atoms with Crippen molar-refractivity contribution in [2.24, 2.45) is 0 Å². The third-order valence-electron chi connectivity index (χ3n) is 7.51. The number of methoxy groups -OCH3 is 1. The van der Waals surface area contributed by atoms with Crippen LogP contribution in [0.3, 0.4) is 0 Å². The summed E-state index contributed by atoms with van der Waals surface area (Å²) in [6.45, 7) is 4.42. The van der Waals surface area contributed by atoms with Gasteiger partial charge >= 0.3 is 29.6 Å². The topological polar surface area (TPSA) is 98.8 Å². The molecule has 6 aromatic rings. The van der Waals surface area contributed by atoms with E-state index < -0.39 is 12.1 Å². The van der Waals surface area contributed by atoms with E-state index in [1.165, 1.54) is 0 Å². The minimum Gasteiger partial charge on any atom is -0.546 e. The summed E-state index contributed by atoms with van der Waals surface area (Å²) in [5.41, 5.74) is 4.57. The van der Waals surface area contributed by atoms with Gasteiger partial charge in [0, 0.05) is 28.4 Å². The zero-order valence-corrected chi connectivity index (χ0v) is 27.2. The summed E-state index contributed by atoms with van der Waals surface area (Å²) in [5.74, 6) is 1.75. The predicted octanol–water partition coefficient (Wildman–Crippen LogP) is 3.31. The van der Waals surface area contributed by atoms with E-state index in [1.54, 1.807) is 20.1 Å². The van der Waals surface area contributed by atoms with Crippen LogP contribution >= 0.6 is 0 Å². The third-order valence-corrected chi connectivity index (χ3v) is 7.51. The second-order valence-electron chi connectivity index (χ2n) is 10.2. The zero-order chi connectivity index (χ0) is 29.9. The molecular formula is C35H31N2NaO6. The maximum Gasteiger partial charge on any atom is 1.00 e. The normalized spacial score (nSPS) is 11.7. The van der Waals surface area contributed by atoms with Crippen molar-refractivity contribution in [2.75, 3.05) is 7.11 Å². The van der Waals surface area contributed by atoms with Gasteiger partial charge in [0.15, 0.2) is 11.5 Å². The van der Waals surface area contributed by atoms with E-state index in [-0.39, 0.29) is 36.2 Å². The Kier molecular flexibility index (Phi) is 9.64. The van der Waals surface area contributed by atoms with Crippen LogP contribution in [0.15, 0.2) is 95.4 Å². The fourth-order valence-electron chi connectivity index (χ4n) is 5.31. The van der Waals surface area contributed by atoms with Gasteiger partial charge in [0.25, 0.3) is 0 Å². The summed E-state index contributed by atoms with van der Waals surface area (Å²) in [7, 11) is 1.62. The molecule has 0 unspecified atom stereocenters. The summed E-state index contributed by atoms with van der Waals surface area (Å²) in [6, 6.07) is 29.3. The van der Waals surface area contributed by atoms with E-state index in [4.69, 9.17) is 18.6 Å². The number of ether oxygens (including phenoxy) is 3. The van der Waals surface area contributed by atoms with E-state index in [9.17, 15) is 9.90 Å². The van der Waals surface area contributed by atoms with E-state index in [2.05, 4.69) is 9.55 Å². The number of hydrogen-bond acceptors (Lipinski definition) is 7. The van der Waals surface area contributed by atoms with Crippen molar-refractivity contribution < 1.29 is 58.1 Å². The molecule has 2 aromatic heterocycles. The molecule has 4 aromatic carbocycles. The molecule has 0 N–H and O–H groups in total. The third kappa shape index (κ3) is 6.19. The van der Waals surface area contributed by atoms with Gasteiger partial charge < -0.3 is 33.1 Å². The maximum atomic E-state index is 11.6. The summed E-state index contributed by atoms with van der Waals surface area (Å²) in [6.07, 6.45) is -0.730. The maximum absolute atomic E-state index is 11.6. The van der Waals surface area contributed by atoms with E-state index >= 15 is 0 Å². The number of fused-ring (bicyclic) bond motifs is 3. The van der Waals surface area contributed by atoms with E-state index in [0.29, 0.717) is 41.9 Å². The second-order valence-corrected chi connectivity index (χ2v) is 10.2. The van der Waals surface area contributed by atoms with Crippen LogP contribution in [0.25, 0.3) is 33.3 Å². The van der Waals surface area contributed by atoms with Gasteiger partial charge in [-0.3, -0.25) is 0 Å². The molecule has 44 heavy (non-hydrogen) atoms. The molecule has 9 heteroatoms. The zero-order valence-electron chi connectivity index (χ0n) is 25.2. The minimum absolute atomic E-state index is 0. The monoisotopic (exact) mass is 598 g/mol. The van der Waals surface area contributed by atoms with Crippen molar-refractivity contribution in [3.8, 4) is 28.7 Å². The molecule has 8 nitrogen and oxygen atoms in total. The number of rotatable bonds is 11. The molecule has 1 atom stereocenters.